The van der Waals surface area contributed by atoms with Crippen molar-refractivity contribution in [2.45, 2.75) is 63.6 Å². The van der Waals surface area contributed by atoms with E-state index in [1.54, 1.807) is 31.8 Å². The summed E-state index contributed by atoms with van der Waals surface area (Å²) in [6.07, 6.45) is 13.5. The van der Waals surface area contributed by atoms with Crippen LogP contribution in [0.15, 0.2) is 48.7 Å². The predicted octanol–water partition coefficient (Wildman–Crippen LogP) is 6.18. The van der Waals surface area contributed by atoms with Crippen molar-refractivity contribution in [3.8, 4) is 22.8 Å². The number of aromatic nitrogens is 4. The number of rotatable bonds is 7. The number of allylic oxidation sites excluding steroid dienone is 1. The number of nitrogens with one attached hydrogen (secondary N) is 1. The molecule has 4 aromatic rings. The number of alkyl halides is 1. The fourth-order valence-corrected chi connectivity index (χ4v) is 6.06. The molecule has 2 saturated carbocycles. The second-order valence-electron chi connectivity index (χ2n) is 11.9. The van der Waals surface area contributed by atoms with Crippen molar-refractivity contribution in [2.24, 2.45) is 0 Å². The number of aryl methyl sites for hydroxylation is 1. The minimum atomic E-state index is -1.48. The van der Waals surface area contributed by atoms with Gasteiger partial charge in [-0.25, -0.2) is 18.7 Å². The first kappa shape index (κ1) is 26.2. The molecule has 7 nitrogen and oxygen atoms in total. The minimum Gasteiger partial charge on any atom is -0.496 e. The number of pyridine rings is 1. The quantitative estimate of drug-likeness (QED) is 0.294. The number of fused-ring (bicyclic) bond motifs is 1. The van der Waals surface area contributed by atoms with Gasteiger partial charge in [-0.05, 0) is 82.2 Å². The smallest absolute Gasteiger partial charge is 0.143 e. The lowest BCUT2D eigenvalue weighted by Gasteiger charge is -2.35. The van der Waals surface area contributed by atoms with Gasteiger partial charge in [0, 0.05) is 60.0 Å². The van der Waals surface area contributed by atoms with Gasteiger partial charge in [0.15, 0.2) is 0 Å². The lowest BCUT2D eigenvalue weighted by molar-refractivity contribution is 0.0645. The van der Waals surface area contributed by atoms with Gasteiger partial charge in [0.25, 0.3) is 0 Å². The van der Waals surface area contributed by atoms with Crippen molar-refractivity contribution in [3.63, 3.8) is 0 Å². The molecule has 0 bridgehead atoms. The van der Waals surface area contributed by atoms with Gasteiger partial charge in [0.05, 0.1) is 19.0 Å². The molecule has 41 heavy (non-hydrogen) atoms. The highest BCUT2D eigenvalue weighted by Gasteiger charge is 2.38. The third-order valence-electron chi connectivity index (χ3n) is 9.01. The minimum absolute atomic E-state index is 0.203. The summed E-state index contributed by atoms with van der Waals surface area (Å²) in [5, 5.41) is 3.60. The maximum atomic E-state index is 16.3. The molecule has 0 atom stereocenters. The molecule has 3 aromatic heterocycles. The molecule has 1 saturated heterocycles. The van der Waals surface area contributed by atoms with Gasteiger partial charge in [-0.2, -0.15) is 0 Å². The molecule has 9 heteroatoms. The predicted molar refractivity (Wildman–Crippen MR) is 155 cm³/mol. The molecular formula is C32H36F2N6O. The van der Waals surface area contributed by atoms with E-state index in [1.807, 2.05) is 41.4 Å². The number of ether oxygens (including phenoxy) is 1. The Kier molecular flexibility index (Phi) is 6.37. The Balaban J connectivity index is 1.27. The van der Waals surface area contributed by atoms with Crippen molar-refractivity contribution in [2.75, 3.05) is 27.2 Å². The Morgan fingerprint density at radius 3 is 2.56 bits per heavy atom. The van der Waals surface area contributed by atoms with E-state index in [9.17, 15) is 0 Å². The third kappa shape index (κ3) is 4.70. The first-order valence-corrected chi connectivity index (χ1v) is 14.6. The highest BCUT2D eigenvalue weighted by molar-refractivity contribution is 5.75. The fourth-order valence-electron chi connectivity index (χ4n) is 6.06. The molecule has 3 fully saturated rings. The van der Waals surface area contributed by atoms with Crippen molar-refractivity contribution in [1.82, 2.24) is 29.2 Å². The van der Waals surface area contributed by atoms with Crippen LogP contribution in [0.1, 0.15) is 61.6 Å². The largest absolute Gasteiger partial charge is 0.496 e. The fraction of sp³-hybridized carbons (Fsp3) is 0.438. The average molecular weight is 559 g/mol. The Morgan fingerprint density at radius 1 is 1.10 bits per heavy atom. The van der Waals surface area contributed by atoms with Crippen molar-refractivity contribution in [3.05, 3.63) is 71.2 Å². The maximum absolute atomic E-state index is 16.3. The van der Waals surface area contributed by atoms with Gasteiger partial charge in [-0.15, -0.1) is 0 Å². The maximum Gasteiger partial charge on any atom is 0.143 e. The number of hydrogen-bond acceptors (Lipinski definition) is 5. The first-order chi connectivity index (χ1) is 19.8. The number of nitrogens with zero attached hydrogens (tertiary/aromatic N) is 5. The van der Waals surface area contributed by atoms with Crippen LogP contribution in [-0.4, -0.2) is 57.1 Å². The number of piperidine rings is 1. The van der Waals surface area contributed by atoms with E-state index in [-0.39, 0.29) is 5.82 Å². The number of benzene rings is 1. The van der Waals surface area contributed by atoms with Crippen LogP contribution in [0.2, 0.25) is 0 Å². The molecule has 2 aliphatic carbocycles. The molecule has 214 valence electrons. The van der Waals surface area contributed by atoms with E-state index in [4.69, 9.17) is 9.72 Å². The Morgan fingerprint density at radius 2 is 1.88 bits per heavy atom. The highest BCUT2D eigenvalue weighted by atomic mass is 19.1. The number of halogens is 2. The summed E-state index contributed by atoms with van der Waals surface area (Å²) in [7, 11) is 3.59. The zero-order chi connectivity index (χ0) is 28.3. The van der Waals surface area contributed by atoms with Crippen LogP contribution >= 0.6 is 0 Å². The number of hydrogen-bond donors (Lipinski definition) is 1. The van der Waals surface area contributed by atoms with Crippen LogP contribution < -0.4 is 10.1 Å². The summed E-state index contributed by atoms with van der Waals surface area (Å²) in [4.78, 5) is 11.4. The van der Waals surface area contributed by atoms with Gasteiger partial charge in [0.1, 0.15) is 35.0 Å². The molecule has 3 aliphatic rings. The van der Waals surface area contributed by atoms with Crippen molar-refractivity contribution in [1.29, 1.82) is 0 Å². The molecule has 1 aliphatic heterocycles. The van der Waals surface area contributed by atoms with Gasteiger partial charge in [0.2, 0.25) is 0 Å². The lowest BCUT2D eigenvalue weighted by atomic mass is 9.86. The Labute approximate surface area is 238 Å². The summed E-state index contributed by atoms with van der Waals surface area (Å²) >= 11 is 0. The second-order valence-corrected chi connectivity index (χ2v) is 11.9. The summed E-state index contributed by atoms with van der Waals surface area (Å²) in [6, 6.07) is 5.80. The first-order valence-electron chi connectivity index (χ1n) is 14.6. The van der Waals surface area contributed by atoms with Gasteiger partial charge in [-0.3, -0.25) is 8.97 Å². The SMILES string of the molecule is COc1cc2ncc(-n3cnc(-c4cc(C(NC5CC5)=C5CCC5)c(F)cc4C)c3)n2cc1C1(F)CCN(C)CC1. The van der Waals surface area contributed by atoms with E-state index in [2.05, 4.69) is 15.2 Å². The highest BCUT2D eigenvalue weighted by Crippen LogP contribution is 2.42. The molecule has 0 spiro atoms. The molecule has 1 N–H and O–H groups in total. The molecule has 7 rings (SSSR count). The van der Waals surface area contributed by atoms with Gasteiger partial charge >= 0.3 is 0 Å². The van der Waals surface area contributed by atoms with Crippen LogP contribution in [0.25, 0.3) is 28.4 Å². The van der Waals surface area contributed by atoms with Crippen LogP contribution in [-0.2, 0) is 5.67 Å². The molecular weight excluding hydrogens is 522 g/mol. The van der Waals surface area contributed by atoms with Crippen molar-refractivity contribution >= 4 is 11.3 Å². The Bertz CT molecular complexity index is 1650. The van der Waals surface area contributed by atoms with Gasteiger partial charge in [-0.1, -0.05) is 0 Å². The zero-order valence-corrected chi connectivity index (χ0v) is 23.9. The van der Waals surface area contributed by atoms with Crippen LogP contribution in [0.3, 0.4) is 0 Å². The van der Waals surface area contributed by atoms with E-state index in [0.29, 0.717) is 54.5 Å². The number of methoxy groups -OCH3 is 1. The summed E-state index contributed by atoms with van der Waals surface area (Å²) in [5.74, 6) is 1.05. The molecule has 0 radical (unpaired) electrons. The van der Waals surface area contributed by atoms with Crippen molar-refractivity contribution < 1.29 is 13.5 Å². The van der Waals surface area contributed by atoms with E-state index < -0.39 is 5.67 Å². The summed E-state index contributed by atoms with van der Waals surface area (Å²) in [5.41, 5.74) is 5.09. The Hall–Kier alpha value is -3.72. The van der Waals surface area contributed by atoms with Crippen LogP contribution in [0.4, 0.5) is 8.78 Å². The third-order valence-corrected chi connectivity index (χ3v) is 9.01. The second kappa shape index (κ2) is 9.98. The summed E-state index contributed by atoms with van der Waals surface area (Å²) < 4.78 is 41.0. The molecule has 4 heterocycles. The molecule has 0 amide bonds. The van der Waals surface area contributed by atoms with E-state index in [1.165, 1.54) is 5.57 Å². The van der Waals surface area contributed by atoms with E-state index in [0.717, 1.165) is 60.4 Å². The lowest BCUT2D eigenvalue weighted by Crippen LogP contribution is -2.38. The summed E-state index contributed by atoms with van der Waals surface area (Å²) in [6.45, 7) is 3.29. The number of imidazole rings is 2. The standard InChI is InChI=1S/C32H36F2N6O/c1-20-13-26(33)24(31(21-5-4-6-21)37-22-7-8-22)14-23(20)27-18-39(19-36-27)30-16-35-29-15-28(41-3)25(17-40(29)30)32(34)9-11-38(2)12-10-32/h13-19,22,37H,4-12H2,1-3H3. The van der Waals surface area contributed by atoms with E-state index >= 15 is 8.78 Å². The van der Waals surface area contributed by atoms with Gasteiger partial charge < -0.3 is 15.0 Å². The van der Waals surface area contributed by atoms with Crippen LogP contribution in [0, 0.1) is 12.7 Å². The topological polar surface area (TPSA) is 59.6 Å². The molecule has 1 aromatic carbocycles. The average Bonchev–Trinajstić information content (AvgIpc) is 3.45. The monoisotopic (exact) mass is 558 g/mol. The normalized spacial score (nSPS) is 18.9. The molecule has 0 unspecified atom stereocenters. The zero-order valence-electron chi connectivity index (χ0n) is 23.9. The van der Waals surface area contributed by atoms with Crippen LogP contribution in [0.5, 0.6) is 5.75 Å². The number of likely N-dealkylation sites (tertiary alicyclic amines) is 1.